The van der Waals surface area contributed by atoms with Crippen molar-refractivity contribution in [3.05, 3.63) is 90.8 Å². The van der Waals surface area contributed by atoms with Crippen molar-refractivity contribution in [2.24, 2.45) is 7.05 Å². The van der Waals surface area contributed by atoms with E-state index in [0.29, 0.717) is 22.9 Å². The van der Waals surface area contributed by atoms with Gasteiger partial charge in [-0.05, 0) is 53.6 Å². The van der Waals surface area contributed by atoms with Crippen molar-refractivity contribution in [2.75, 3.05) is 5.32 Å². The van der Waals surface area contributed by atoms with E-state index in [4.69, 9.17) is 4.74 Å². The van der Waals surface area contributed by atoms with Gasteiger partial charge in [0.2, 0.25) is 5.88 Å². The van der Waals surface area contributed by atoms with Crippen molar-refractivity contribution in [3.8, 4) is 22.8 Å². The standard InChI is InChI=1S/C26H20F3N7O2/c1-36-14-18(13-34-36)17-3-8-21-22(10-17)32-15-33-24(21)38-20-6-4-19(5-7-20)35-25(37)31-12-16-2-9-23(30-11-16)26(27,28)29/h2-11,13-15H,12H2,1H3,(H2,31,35,37). The molecular formula is C26H20F3N7O2. The van der Waals surface area contributed by atoms with Crippen LogP contribution in [0, 0.1) is 0 Å². The summed E-state index contributed by atoms with van der Waals surface area (Å²) in [5.41, 5.74) is 2.60. The summed E-state index contributed by atoms with van der Waals surface area (Å²) in [6.45, 7) is 0.0153. The van der Waals surface area contributed by atoms with E-state index in [0.717, 1.165) is 34.3 Å². The number of ether oxygens (including phenoxy) is 1. The molecule has 0 radical (unpaired) electrons. The second-order valence-electron chi connectivity index (χ2n) is 8.30. The number of hydrogen-bond donors (Lipinski definition) is 2. The predicted octanol–water partition coefficient (Wildman–Crippen LogP) is 5.56. The Kier molecular flexibility index (Phi) is 6.60. The molecule has 5 rings (SSSR count). The summed E-state index contributed by atoms with van der Waals surface area (Å²) in [5, 5.41) is 10.2. The van der Waals surface area contributed by atoms with Crippen LogP contribution in [0.25, 0.3) is 22.0 Å². The number of fused-ring (bicyclic) bond motifs is 1. The van der Waals surface area contributed by atoms with Gasteiger partial charge in [-0.1, -0.05) is 12.1 Å². The second kappa shape index (κ2) is 10.2. The van der Waals surface area contributed by atoms with Crippen molar-refractivity contribution >= 4 is 22.6 Å². The summed E-state index contributed by atoms with van der Waals surface area (Å²) >= 11 is 0. The van der Waals surface area contributed by atoms with Crippen LogP contribution < -0.4 is 15.4 Å². The van der Waals surface area contributed by atoms with Gasteiger partial charge in [0.25, 0.3) is 0 Å². The molecular weight excluding hydrogens is 499 g/mol. The molecule has 0 unspecified atom stereocenters. The van der Waals surface area contributed by atoms with Gasteiger partial charge in [0.1, 0.15) is 17.8 Å². The Morgan fingerprint density at radius 3 is 2.47 bits per heavy atom. The van der Waals surface area contributed by atoms with Gasteiger partial charge in [0, 0.05) is 37.2 Å². The second-order valence-corrected chi connectivity index (χ2v) is 8.30. The fourth-order valence-corrected chi connectivity index (χ4v) is 3.64. The monoisotopic (exact) mass is 519 g/mol. The zero-order chi connectivity index (χ0) is 26.7. The average Bonchev–Trinajstić information content (AvgIpc) is 3.34. The van der Waals surface area contributed by atoms with Crippen LogP contribution in [0.15, 0.2) is 79.5 Å². The predicted molar refractivity (Wildman–Crippen MR) is 133 cm³/mol. The number of benzene rings is 2. The number of anilines is 1. The Morgan fingerprint density at radius 1 is 0.974 bits per heavy atom. The number of urea groups is 1. The molecule has 3 aromatic heterocycles. The quantitative estimate of drug-likeness (QED) is 0.304. The summed E-state index contributed by atoms with van der Waals surface area (Å²) < 4.78 is 45.5. The lowest BCUT2D eigenvalue weighted by molar-refractivity contribution is -0.141. The normalized spacial score (nSPS) is 11.4. The van der Waals surface area contributed by atoms with Gasteiger partial charge in [0.05, 0.1) is 17.1 Å². The molecule has 2 amide bonds. The number of aromatic nitrogens is 5. The summed E-state index contributed by atoms with van der Waals surface area (Å²) in [5.74, 6) is 0.888. The third-order valence-corrected chi connectivity index (χ3v) is 5.53. The van der Waals surface area contributed by atoms with Crippen LogP contribution in [0.1, 0.15) is 11.3 Å². The van der Waals surface area contributed by atoms with E-state index in [1.165, 1.54) is 12.4 Å². The number of halogens is 3. The summed E-state index contributed by atoms with van der Waals surface area (Å²) in [6, 6.07) is 14.0. The summed E-state index contributed by atoms with van der Waals surface area (Å²) in [7, 11) is 1.85. The minimum absolute atomic E-state index is 0.0153. The highest BCUT2D eigenvalue weighted by molar-refractivity contribution is 5.89. The van der Waals surface area contributed by atoms with E-state index in [9.17, 15) is 18.0 Å². The van der Waals surface area contributed by atoms with E-state index in [1.807, 2.05) is 31.4 Å². The number of alkyl halides is 3. The lowest BCUT2D eigenvalue weighted by Crippen LogP contribution is -2.28. The number of carbonyl (C=O) groups excluding carboxylic acids is 1. The number of nitrogens with one attached hydrogen (secondary N) is 2. The van der Waals surface area contributed by atoms with Gasteiger partial charge in [0.15, 0.2) is 0 Å². The van der Waals surface area contributed by atoms with E-state index in [1.54, 1.807) is 35.1 Å². The number of carbonyl (C=O) groups is 1. The number of hydrogen-bond acceptors (Lipinski definition) is 6. The molecule has 2 aromatic carbocycles. The van der Waals surface area contributed by atoms with Crippen LogP contribution in [0.3, 0.4) is 0 Å². The molecule has 3 heterocycles. The maximum absolute atomic E-state index is 12.6. The minimum Gasteiger partial charge on any atom is -0.438 e. The summed E-state index contributed by atoms with van der Waals surface area (Å²) in [6.07, 6.45) is 1.69. The Bertz CT molecular complexity index is 1580. The Labute approximate surface area is 214 Å². The van der Waals surface area contributed by atoms with Crippen LogP contribution in [-0.4, -0.2) is 30.8 Å². The van der Waals surface area contributed by atoms with Crippen LogP contribution >= 0.6 is 0 Å². The van der Waals surface area contributed by atoms with Gasteiger partial charge in [-0.25, -0.2) is 14.8 Å². The fraction of sp³-hybridized carbons (Fsp3) is 0.115. The molecule has 0 aliphatic carbocycles. The van der Waals surface area contributed by atoms with Gasteiger partial charge >= 0.3 is 12.2 Å². The zero-order valence-electron chi connectivity index (χ0n) is 19.9. The minimum atomic E-state index is -4.51. The van der Waals surface area contributed by atoms with Crippen molar-refractivity contribution in [1.82, 2.24) is 30.0 Å². The van der Waals surface area contributed by atoms with Crippen molar-refractivity contribution in [1.29, 1.82) is 0 Å². The topological polar surface area (TPSA) is 107 Å². The molecule has 5 aromatic rings. The van der Waals surface area contributed by atoms with E-state index in [2.05, 4.69) is 30.7 Å². The Balaban J connectivity index is 1.20. The van der Waals surface area contributed by atoms with Crippen LogP contribution in [0.2, 0.25) is 0 Å². The molecule has 192 valence electrons. The zero-order valence-corrected chi connectivity index (χ0v) is 19.9. The Hall–Kier alpha value is -5.00. The first-order chi connectivity index (χ1) is 18.2. The average molecular weight is 519 g/mol. The van der Waals surface area contributed by atoms with Gasteiger partial charge in [-0.2, -0.15) is 18.3 Å². The number of amides is 2. The van der Waals surface area contributed by atoms with Gasteiger partial charge < -0.3 is 15.4 Å². The van der Waals surface area contributed by atoms with E-state index < -0.39 is 17.9 Å². The SMILES string of the molecule is Cn1cc(-c2ccc3c(Oc4ccc(NC(=O)NCc5ccc(C(F)(F)F)nc5)cc4)ncnc3c2)cn1. The third kappa shape index (κ3) is 5.69. The third-order valence-electron chi connectivity index (χ3n) is 5.53. The largest absolute Gasteiger partial charge is 0.438 e. The van der Waals surface area contributed by atoms with E-state index in [-0.39, 0.29) is 6.54 Å². The molecule has 0 bridgehead atoms. The molecule has 0 aliphatic heterocycles. The Morgan fingerprint density at radius 2 is 1.79 bits per heavy atom. The van der Waals surface area contributed by atoms with Crippen LogP contribution in [-0.2, 0) is 19.8 Å². The highest BCUT2D eigenvalue weighted by Gasteiger charge is 2.32. The molecule has 0 aliphatic rings. The first-order valence-electron chi connectivity index (χ1n) is 11.3. The van der Waals surface area contributed by atoms with Gasteiger partial charge in [-0.3, -0.25) is 9.67 Å². The molecule has 2 N–H and O–H groups in total. The summed E-state index contributed by atoms with van der Waals surface area (Å²) in [4.78, 5) is 24.2. The number of rotatable bonds is 6. The molecule has 0 saturated heterocycles. The van der Waals surface area contributed by atoms with Crippen LogP contribution in [0.4, 0.5) is 23.7 Å². The van der Waals surface area contributed by atoms with Crippen molar-refractivity contribution in [2.45, 2.75) is 12.7 Å². The smallest absolute Gasteiger partial charge is 0.433 e. The first kappa shape index (κ1) is 24.7. The molecule has 0 fully saturated rings. The highest BCUT2D eigenvalue weighted by Crippen LogP contribution is 2.30. The number of nitrogens with zero attached hydrogens (tertiary/aromatic N) is 5. The lowest BCUT2D eigenvalue weighted by Gasteiger charge is -2.10. The van der Waals surface area contributed by atoms with Crippen molar-refractivity contribution < 1.29 is 22.7 Å². The maximum atomic E-state index is 12.6. The van der Waals surface area contributed by atoms with Crippen LogP contribution in [0.5, 0.6) is 11.6 Å². The number of pyridine rings is 1. The molecule has 12 heteroatoms. The molecule has 38 heavy (non-hydrogen) atoms. The van der Waals surface area contributed by atoms with Crippen molar-refractivity contribution in [3.63, 3.8) is 0 Å². The molecule has 0 atom stereocenters. The number of aryl methyl sites for hydroxylation is 1. The lowest BCUT2D eigenvalue weighted by atomic mass is 10.1. The molecule has 0 saturated carbocycles. The first-order valence-corrected chi connectivity index (χ1v) is 11.3. The highest BCUT2D eigenvalue weighted by atomic mass is 19.4. The van der Waals surface area contributed by atoms with Gasteiger partial charge in [-0.15, -0.1) is 0 Å². The van der Waals surface area contributed by atoms with E-state index >= 15 is 0 Å². The molecule has 9 nitrogen and oxygen atoms in total. The molecule has 0 spiro atoms. The maximum Gasteiger partial charge on any atom is 0.433 e. The fourth-order valence-electron chi connectivity index (χ4n) is 3.64.